The van der Waals surface area contributed by atoms with Crippen LogP contribution in [0.2, 0.25) is 5.02 Å². The molecule has 0 atom stereocenters. The van der Waals surface area contributed by atoms with E-state index < -0.39 is 0 Å². The zero-order chi connectivity index (χ0) is 18.4. The van der Waals surface area contributed by atoms with Crippen molar-refractivity contribution in [3.8, 4) is 5.75 Å². The van der Waals surface area contributed by atoms with Gasteiger partial charge in [0.1, 0.15) is 5.75 Å². The van der Waals surface area contributed by atoms with Crippen molar-refractivity contribution in [1.82, 2.24) is 9.97 Å². The molecule has 132 valence electrons. The number of ether oxygens (including phenoxy) is 1. The normalized spacial score (nSPS) is 10.2. The largest absolute Gasteiger partial charge is 0.496 e. The van der Waals surface area contributed by atoms with Gasteiger partial charge in [0, 0.05) is 35.2 Å². The van der Waals surface area contributed by atoms with Crippen LogP contribution in [0.5, 0.6) is 5.75 Å². The molecule has 0 spiro atoms. The Morgan fingerprint density at radius 2 is 1.77 bits per heavy atom. The molecule has 3 aromatic rings. The summed E-state index contributed by atoms with van der Waals surface area (Å²) in [6.07, 6.45) is 2.95. The van der Waals surface area contributed by atoms with Gasteiger partial charge in [-0.05, 0) is 30.3 Å². The number of hydrogen-bond donors (Lipinski definition) is 2. The number of carbonyl (C=O) groups is 1. The van der Waals surface area contributed by atoms with Gasteiger partial charge in [0.05, 0.1) is 12.7 Å². The number of nitrogens with zero attached hydrogens (tertiary/aromatic N) is 2. The summed E-state index contributed by atoms with van der Waals surface area (Å²) in [6, 6.07) is 14.6. The van der Waals surface area contributed by atoms with Gasteiger partial charge in [-0.1, -0.05) is 29.8 Å². The van der Waals surface area contributed by atoms with Crippen molar-refractivity contribution in [3.05, 3.63) is 77.1 Å². The molecule has 0 aliphatic heterocycles. The number of hydrogen-bond acceptors (Lipinski definition) is 5. The van der Waals surface area contributed by atoms with Gasteiger partial charge >= 0.3 is 0 Å². The second-order valence-corrected chi connectivity index (χ2v) is 5.86. The number of amides is 1. The summed E-state index contributed by atoms with van der Waals surface area (Å²) in [7, 11) is 1.63. The fourth-order valence-corrected chi connectivity index (χ4v) is 2.42. The minimum atomic E-state index is -0.288. The SMILES string of the molecule is COc1ccccc1CNc1ncc(C(=O)Nc2ccc(Cl)cc2)cn1. The molecular weight excluding hydrogens is 352 g/mol. The Balaban J connectivity index is 1.61. The first kappa shape index (κ1) is 17.7. The van der Waals surface area contributed by atoms with Gasteiger partial charge in [-0.15, -0.1) is 0 Å². The lowest BCUT2D eigenvalue weighted by atomic mass is 10.2. The Labute approximate surface area is 156 Å². The van der Waals surface area contributed by atoms with Crippen molar-refractivity contribution in [2.24, 2.45) is 0 Å². The topological polar surface area (TPSA) is 76.1 Å². The number of halogens is 1. The van der Waals surface area contributed by atoms with Crippen LogP contribution in [0, 0.1) is 0 Å². The van der Waals surface area contributed by atoms with Crippen LogP contribution in [0.25, 0.3) is 0 Å². The third-order valence-corrected chi connectivity index (χ3v) is 3.90. The number of para-hydroxylation sites is 1. The van der Waals surface area contributed by atoms with E-state index in [1.54, 1.807) is 31.4 Å². The van der Waals surface area contributed by atoms with E-state index in [9.17, 15) is 4.79 Å². The summed E-state index contributed by atoms with van der Waals surface area (Å²) < 4.78 is 5.31. The van der Waals surface area contributed by atoms with E-state index in [4.69, 9.17) is 16.3 Å². The molecule has 7 heteroatoms. The second-order valence-electron chi connectivity index (χ2n) is 5.42. The minimum absolute atomic E-state index is 0.288. The summed E-state index contributed by atoms with van der Waals surface area (Å²) in [5.74, 6) is 0.932. The lowest BCUT2D eigenvalue weighted by molar-refractivity contribution is 0.102. The number of methoxy groups -OCH3 is 1. The van der Waals surface area contributed by atoms with Crippen LogP contribution < -0.4 is 15.4 Å². The van der Waals surface area contributed by atoms with Gasteiger partial charge in [-0.2, -0.15) is 0 Å². The number of rotatable bonds is 6. The molecule has 2 N–H and O–H groups in total. The first-order valence-corrected chi connectivity index (χ1v) is 8.28. The van der Waals surface area contributed by atoms with Gasteiger partial charge in [0.15, 0.2) is 0 Å². The highest BCUT2D eigenvalue weighted by Gasteiger charge is 2.08. The third-order valence-electron chi connectivity index (χ3n) is 3.65. The first-order chi connectivity index (χ1) is 12.7. The molecule has 0 fully saturated rings. The van der Waals surface area contributed by atoms with Gasteiger partial charge in [-0.25, -0.2) is 9.97 Å². The van der Waals surface area contributed by atoms with Gasteiger partial charge in [0.2, 0.25) is 5.95 Å². The predicted octanol–water partition coefficient (Wildman–Crippen LogP) is 4.00. The van der Waals surface area contributed by atoms with E-state index in [1.807, 2.05) is 24.3 Å². The summed E-state index contributed by atoms with van der Waals surface area (Å²) in [5, 5.41) is 6.48. The van der Waals surface area contributed by atoms with Crippen molar-refractivity contribution in [2.75, 3.05) is 17.7 Å². The standard InChI is InChI=1S/C19H17ClN4O2/c1-26-17-5-3-2-4-13(17)10-21-19-22-11-14(12-23-19)18(25)24-16-8-6-15(20)7-9-16/h2-9,11-12H,10H2,1H3,(H,24,25)(H,21,22,23). The van der Waals surface area contributed by atoms with Crippen molar-refractivity contribution in [3.63, 3.8) is 0 Å². The highest BCUT2D eigenvalue weighted by atomic mass is 35.5. The van der Waals surface area contributed by atoms with Crippen molar-refractivity contribution in [1.29, 1.82) is 0 Å². The van der Waals surface area contributed by atoms with E-state index in [-0.39, 0.29) is 5.91 Å². The molecule has 1 heterocycles. The fraction of sp³-hybridized carbons (Fsp3) is 0.105. The minimum Gasteiger partial charge on any atom is -0.496 e. The molecule has 26 heavy (non-hydrogen) atoms. The molecule has 1 aromatic heterocycles. The van der Waals surface area contributed by atoms with Crippen molar-refractivity contribution < 1.29 is 9.53 Å². The average Bonchev–Trinajstić information content (AvgIpc) is 2.68. The monoisotopic (exact) mass is 368 g/mol. The Hall–Kier alpha value is -3.12. The quantitative estimate of drug-likeness (QED) is 0.687. The van der Waals surface area contributed by atoms with Crippen molar-refractivity contribution in [2.45, 2.75) is 6.54 Å². The predicted molar refractivity (Wildman–Crippen MR) is 102 cm³/mol. The zero-order valence-corrected chi connectivity index (χ0v) is 14.8. The van der Waals surface area contributed by atoms with E-state index in [2.05, 4.69) is 20.6 Å². The van der Waals surface area contributed by atoms with Crippen LogP contribution in [0.1, 0.15) is 15.9 Å². The number of nitrogens with one attached hydrogen (secondary N) is 2. The van der Waals surface area contributed by atoms with E-state index >= 15 is 0 Å². The average molecular weight is 369 g/mol. The molecule has 2 aromatic carbocycles. The molecule has 0 bridgehead atoms. The van der Waals surface area contributed by atoms with Gasteiger partial charge in [0.25, 0.3) is 5.91 Å². The van der Waals surface area contributed by atoms with Crippen LogP contribution in [-0.2, 0) is 6.54 Å². The van der Waals surface area contributed by atoms with Crippen LogP contribution >= 0.6 is 11.6 Å². The zero-order valence-electron chi connectivity index (χ0n) is 14.1. The molecule has 0 aliphatic rings. The molecule has 6 nitrogen and oxygen atoms in total. The Bertz CT molecular complexity index is 883. The smallest absolute Gasteiger partial charge is 0.258 e. The number of anilines is 2. The first-order valence-electron chi connectivity index (χ1n) is 7.90. The molecule has 0 radical (unpaired) electrons. The lowest BCUT2D eigenvalue weighted by Crippen LogP contribution is -2.13. The van der Waals surface area contributed by atoms with Gasteiger partial charge < -0.3 is 15.4 Å². The van der Waals surface area contributed by atoms with Gasteiger partial charge in [-0.3, -0.25) is 4.79 Å². The highest BCUT2D eigenvalue weighted by Crippen LogP contribution is 2.18. The molecule has 0 unspecified atom stereocenters. The number of aromatic nitrogens is 2. The highest BCUT2D eigenvalue weighted by molar-refractivity contribution is 6.30. The maximum Gasteiger partial charge on any atom is 0.258 e. The molecule has 3 rings (SSSR count). The molecule has 0 aliphatic carbocycles. The van der Waals surface area contributed by atoms with E-state index in [1.165, 1.54) is 12.4 Å². The maximum atomic E-state index is 12.2. The summed E-state index contributed by atoms with van der Waals surface area (Å²) >= 11 is 5.83. The Morgan fingerprint density at radius 3 is 2.46 bits per heavy atom. The lowest BCUT2D eigenvalue weighted by Gasteiger charge is -2.09. The molecule has 1 amide bonds. The van der Waals surface area contributed by atoms with Crippen LogP contribution in [0.4, 0.5) is 11.6 Å². The molecule has 0 saturated carbocycles. The maximum absolute atomic E-state index is 12.2. The van der Waals surface area contributed by atoms with Crippen LogP contribution in [0.15, 0.2) is 60.9 Å². The molecular formula is C19H17ClN4O2. The Kier molecular flexibility index (Phi) is 5.66. The Morgan fingerprint density at radius 1 is 1.08 bits per heavy atom. The number of carbonyl (C=O) groups excluding carboxylic acids is 1. The number of benzene rings is 2. The third kappa shape index (κ3) is 4.49. The van der Waals surface area contributed by atoms with E-state index in [0.717, 1.165) is 11.3 Å². The van der Waals surface area contributed by atoms with Crippen LogP contribution in [0.3, 0.4) is 0 Å². The fourth-order valence-electron chi connectivity index (χ4n) is 2.30. The molecule has 0 saturated heterocycles. The second kappa shape index (κ2) is 8.31. The summed E-state index contributed by atoms with van der Waals surface area (Å²) in [4.78, 5) is 20.6. The van der Waals surface area contributed by atoms with Crippen LogP contribution in [-0.4, -0.2) is 23.0 Å². The van der Waals surface area contributed by atoms with Crippen molar-refractivity contribution >= 4 is 29.1 Å². The summed E-state index contributed by atoms with van der Waals surface area (Å²) in [6.45, 7) is 0.514. The van der Waals surface area contributed by atoms with E-state index in [0.29, 0.717) is 28.8 Å². The summed E-state index contributed by atoms with van der Waals surface area (Å²) in [5.41, 5.74) is 2.00.